The van der Waals surface area contributed by atoms with Crippen LogP contribution in [-0.4, -0.2) is 108 Å². The molecule has 0 unspecified atom stereocenters. The molecule has 55 heavy (non-hydrogen) atoms. The minimum absolute atomic E-state index is 0.0337. The number of anilines is 1. The molecule has 15 nitrogen and oxygen atoms in total. The van der Waals surface area contributed by atoms with E-state index in [-0.39, 0.29) is 22.8 Å². The van der Waals surface area contributed by atoms with Crippen LogP contribution < -0.4 is 25.2 Å². The van der Waals surface area contributed by atoms with Crippen molar-refractivity contribution < 1.29 is 57.6 Å². The van der Waals surface area contributed by atoms with Gasteiger partial charge >= 0.3 is 116 Å². The number of hydrogen-bond donors (Lipinski definition) is 6. The van der Waals surface area contributed by atoms with Gasteiger partial charge < -0.3 is 49.2 Å². The van der Waals surface area contributed by atoms with Crippen LogP contribution in [0.5, 0.6) is 17.2 Å². The standard InChI is InChI=1S/C19H22FN3O8.C18H37.Na.H3O4P/c1-8-13(24)14(25)18(31-8)23-7-10(20)16(22-19(23)27)21-17(26)9-5-11(28-2)15(30-4)12(6-9)29-3;1-3-5-7-9-11-13-15-17-18-16-14-12-10-8-6-4-2;;1-5(2,3)4/h5-8,13-14,18,24-25H,1-4H3,(H,21,22,26,27);1,3-18H2,2H3;;(H3,1,2,3,4)/t8-,13-,14-,18-;;;/m1.../s1. The van der Waals surface area contributed by atoms with Gasteiger partial charge in [0.15, 0.2) is 29.4 Å². The van der Waals surface area contributed by atoms with Crippen LogP contribution in [0, 0.1) is 5.82 Å². The first-order valence-corrected chi connectivity index (χ1v) is 22.3. The summed E-state index contributed by atoms with van der Waals surface area (Å²) in [4.78, 5) is 50.1. The number of nitrogens with zero attached hydrogens (tertiary/aromatic N) is 2. The molecule has 2 heterocycles. The predicted molar refractivity (Wildman–Crippen MR) is 208 cm³/mol. The number of phosphoric acid groups is 1. The fourth-order valence-corrected chi connectivity index (χ4v) is 6.46. The molecule has 1 amide bonds. The maximum atomic E-state index is 14.6. The van der Waals surface area contributed by atoms with Crippen molar-refractivity contribution in [3.05, 3.63) is 40.2 Å². The zero-order chi connectivity index (χ0) is 41.4. The molecule has 4 atom stereocenters. The van der Waals surface area contributed by atoms with Crippen LogP contribution >= 0.6 is 7.82 Å². The molecule has 0 bridgehead atoms. The second-order valence-corrected chi connectivity index (χ2v) is 15.6. The molecule has 1 aromatic heterocycles. The molecule has 0 saturated carbocycles. The summed E-state index contributed by atoms with van der Waals surface area (Å²) in [5.41, 5.74) is -0.960. The predicted octanol–water partition coefficient (Wildman–Crippen LogP) is 6.21. The van der Waals surface area contributed by atoms with Crippen LogP contribution in [0.3, 0.4) is 0 Å². The molecular weight excluding hydrogens is 751 g/mol. The smallest absolute Gasteiger partial charge is 0.466 e. The molecule has 1 aliphatic rings. The Morgan fingerprint density at radius 2 is 1.29 bits per heavy atom. The summed E-state index contributed by atoms with van der Waals surface area (Å²) in [6.07, 6.45) is 19.7. The van der Waals surface area contributed by atoms with Crippen molar-refractivity contribution in [2.45, 2.75) is 145 Å². The maximum absolute atomic E-state index is 14.6. The van der Waals surface area contributed by atoms with E-state index >= 15 is 0 Å². The second kappa shape index (κ2) is 28.3. The number of carbonyl (C=O) groups excluding carboxylic acids is 1. The zero-order valence-corrected chi connectivity index (χ0v) is 36.3. The van der Waals surface area contributed by atoms with Crippen molar-refractivity contribution in [3.63, 3.8) is 0 Å². The summed E-state index contributed by atoms with van der Waals surface area (Å²) < 4.78 is 46.5. The molecule has 1 saturated heterocycles. The molecule has 0 aliphatic carbocycles. The average Bonchev–Trinajstić information content (AvgIpc) is 3.40. The third-order valence-corrected chi connectivity index (χ3v) is 9.73. The van der Waals surface area contributed by atoms with Crippen molar-refractivity contribution in [1.82, 2.24) is 9.55 Å². The van der Waals surface area contributed by atoms with E-state index in [0.29, 0.717) is 4.57 Å². The number of aliphatic hydroxyl groups excluding tert-OH is 2. The summed E-state index contributed by atoms with van der Waals surface area (Å²) in [5.74, 6) is -1.79. The third-order valence-electron chi connectivity index (χ3n) is 9.02. The van der Waals surface area contributed by atoms with Crippen LogP contribution in [0.2, 0.25) is 3.67 Å². The first-order valence-electron chi connectivity index (χ1n) is 19.3. The van der Waals surface area contributed by atoms with E-state index in [2.05, 4.69) is 17.2 Å². The Labute approximate surface area is 342 Å². The number of carbonyl (C=O) groups is 1. The second-order valence-electron chi connectivity index (χ2n) is 13.5. The molecular formula is C37H62FN3NaO12P. The van der Waals surface area contributed by atoms with Crippen molar-refractivity contribution in [3.8, 4) is 17.2 Å². The number of unbranched alkanes of at least 4 members (excludes halogenated alkanes) is 15. The Morgan fingerprint density at radius 1 is 0.855 bits per heavy atom. The van der Waals surface area contributed by atoms with E-state index in [1.807, 2.05) is 0 Å². The van der Waals surface area contributed by atoms with Crippen LogP contribution in [0.1, 0.15) is 133 Å². The number of methoxy groups -OCH3 is 3. The van der Waals surface area contributed by atoms with Gasteiger partial charge in [-0.05, 0) is 19.1 Å². The molecule has 18 heteroatoms. The van der Waals surface area contributed by atoms with E-state index in [1.54, 1.807) is 0 Å². The fraction of sp³-hybridized carbons (Fsp3) is 0.703. The monoisotopic (exact) mass is 813 g/mol. The average molecular weight is 814 g/mol. The number of rotatable bonds is 22. The third kappa shape index (κ3) is 20.2. The Balaban J connectivity index is 0.000000538. The summed E-state index contributed by atoms with van der Waals surface area (Å²) in [7, 11) is -0.493. The van der Waals surface area contributed by atoms with E-state index in [0.717, 1.165) is 6.20 Å². The summed E-state index contributed by atoms with van der Waals surface area (Å²) in [6, 6.07) is 2.70. The Bertz CT molecular complexity index is 1450. The van der Waals surface area contributed by atoms with Gasteiger partial charge in [-0.1, -0.05) is 39.0 Å². The van der Waals surface area contributed by atoms with Crippen LogP contribution in [-0.2, 0) is 9.30 Å². The first kappa shape index (κ1) is 50.9. The molecule has 3 rings (SSSR count). The van der Waals surface area contributed by atoms with Gasteiger partial charge in [0, 0.05) is 5.56 Å². The molecule has 1 fully saturated rings. The van der Waals surface area contributed by atoms with Gasteiger partial charge in [0.25, 0.3) is 5.91 Å². The zero-order valence-electron chi connectivity index (χ0n) is 33.4. The van der Waals surface area contributed by atoms with Gasteiger partial charge in [-0.2, -0.15) is 4.98 Å². The van der Waals surface area contributed by atoms with Crippen molar-refractivity contribution >= 4 is 47.5 Å². The number of nitrogens with one attached hydrogen (secondary N) is 1. The Hall–Kier alpha value is -2.11. The SMILES string of the molecule is CCCCCCCCCCCCCCCCC[CH2][Na].COc1cc(C(=O)Nc2nc(=O)n([C@@H]3O[C@H](C)[C@@H](O)[C@H]3O)cc2F)cc(OC)c1OC.O=P(O)(O)O. The van der Waals surface area contributed by atoms with E-state index in [4.69, 9.17) is 38.2 Å². The van der Waals surface area contributed by atoms with Crippen molar-refractivity contribution in [2.75, 3.05) is 26.6 Å². The number of ether oxygens (including phenoxy) is 4. The number of aromatic nitrogens is 2. The van der Waals surface area contributed by atoms with Gasteiger partial charge in [-0.3, -0.25) is 9.36 Å². The Morgan fingerprint density at radius 3 is 1.65 bits per heavy atom. The topological polar surface area (TPSA) is 219 Å². The molecule has 0 radical (unpaired) electrons. The van der Waals surface area contributed by atoms with E-state index < -0.39 is 55.6 Å². The van der Waals surface area contributed by atoms with Gasteiger partial charge in [0.05, 0.1) is 33.6 Å². The maximum Gasteiger partial charge on any atom is 0.466 e. The molecule has 6 N–H and O–H groups in total. The molecule has 1 aliphatic heterocycles. The Kier molecular flexibility index (Phi) is 26.2. The summed E-state index contributed by atoms with van der Waals surface area (Å²) in [6.45, 7) is 3.79. The number of benzene rings is 1. The van der Waals surface area contributed by atoms with Crippen molar-refractivity contribution in [2.24, 2.45) is 0 Å². The van der Waals surface area contributed by atoms with E-state index in [1.165, 1.54) is 175 Å². The molecule has 2 aromatic rings. The van der Waals surface area contributed by atoms with Gasteiger partial charge in [0.2, 0.25) is 5.75 Å². The van der Waals surface area contributed by atoms with E-state index in [9.17, 15) is 24.2 Å². The van der Waals surface area contributed by atoms with Crippen LogP contribution in [0.15, 0.2) is 23.1 Å². The minimum atomic E-state index is -4.64. The largest absolute Gasteiger partial charge is 0.493 e. The molecule has 0 spiro atoms. The van der Waals surface area contributed by atoms with Crippen LogP contribution in [0.25, 0.3) is 0 Å². The normalized spacial score (nSPS) is 17.8. The number of hydrogen-bond acceptors (Lipinski definition) is 10. The quantitative estimate of drug-likeness (QED) is 0.0443. The fourth-order valence-electron chi connectivity index (χ4n) is 5.96. The number of halogens is 1. The van der Waals surface area contributed by atoms with Gasteiger partial charge in [-0.15, -0.1) is 0 Å². The number of aliphatic hydroxyl groups is 2. The first-order chi connectivity index (χ1) is 26.1. The molecule has 310 valence electrons. The number of amides is 1. The molecule has 1 aromatic carbocycles. The van der Waals surface area contributed by atoms with Crippen LogP contribution in [0.4, 0.5) is 10.2 Å². The van der Waals surface area contributed by atoms with Crippen molar-refractivity contribution in [1.29, 1.82) is 0 Å². The van der Waals surface area contributed by atoms with Gasteiger partial charge in [0.1, 0.15) is 12.2 Å². The summed E-state index contributed by atoms with van der Waals surface area (Å²) >= 11 is 1.41. The van der Waals surface area contributed by atoms with Gasteiger partial charge in [-0.25, -0.2) is 13.8 Å². The minimum Gasteiger partial charge on any atom is -0.493 e. The summed E-state index contributed by atoms with van der Waals surface area (Å²) in [5, 5.41) is 22.0.